The van der Waals surface area contributed by atoms with Crippen LogP contribution >= 0.6 is 0 Å². The second-order valence-corrected chi connectivity index (χ2v) is 8.50. The van der Waals surface area contributed by atoms with Crippen molar-refractivity contribution in [1.29, 1.82) is 0 Å². The van der Waals surface area contributed by atoms with E-state index in [1.165, 1.54) is 5.56 Å². The maximum Gasteiger partial charge on any atom is 0.228 e. The molecule has 33 heavy (non-hydrogen) atoms. The Balaban J connectivity index is 1.36. The molecule has 4 aromatic rings. The highest BCUT2D eigenvalue weighted by molar-refractivity contribution is 6.03. The molecular weight excluding hydrogens is 408 g/mol. The second-order valence-electron chi connectivity index (χ2n) is 8.50. The van der Waals surface area contributed by atoms with E-state index in [1.807, 2.05) is 48.5 Å². The average Bonchev–Trinajstić information content (AvgIpc) is 2.86. The van der Waals surface area contributed by atoms with E-state index in [2.05, 4.69) is 56.5 Å². The summed E-state index contributed by atoms with van der Waals surface area (Å²) in [4.78, 5) is 22.3. The van der Waals surface area contributed by atoms with E-state index >= 15 is 0 Å². The summed E-state index contributed by atoms with van der Waals surface area (Å²) in [5.74, 6) is -0.0257. The first-order valence-corrected chi connectivity index (χ1v) is 11.5. The fourth-order valence-corrected chi connectivity index (χ4v) is 4.51. The summed E-state index contributed by atoms with van der Waals surface area (Å²) in [6.45, 7) is 4.73. The molecule has 5 rings (SSSR count). The van der Waals surface area contributed by atoms with Crippen molar-refractivity contribution >= 4 is 28.2 Å². The third-order valence-corrected chi connectivity index (χ3v) is 6.17. The van der Waals surface area contributed by atoms with Crippen molar-refractivity contribution in [2.75, 3.05) is 36.4 Å². The lowest BCUT2D eigenvalue weighted by Crippen LogP contribution is -2.46. The predicted octanol–water partition coefficient (Wildman–Crippen LogP) is 4.74. The number of carbonyl (C=O) groups is 1. The molecule has 0 unspecified atom stereocenters. The number of nitrogens with one attached hydrogen (secondary N) is 1. The number of benzene rings is 3. The molecule has 3 aromatic carbocycles. The highest BCUT2D eigenvalue weighted by Crippen LogP contribution is 2.34. The minimum absolute atomic E-state index is 0.0257. The average molecular weight is 437 g/mol. The van der Waals surface area contributed by atoms with Gasteiger partial charge in [-0.3, -0.25) is 14.7 Å². The van der Waals surface area contributed by atoms with Crippen LogP contribution in [0.1, 0.15) is 11.1 Å². The molecule has 0 spiro atoms. The van der Waals surface area contributed by atoms with Crippen LogP contribution in [-0.2, 0) is 17.8 Å². The number of hydrogen-bond donors (Lipinski definition) is 1. The Hall–Kier alpha value is -3.70. The van der Waals surface area contributed by atoms with Crippen LogP contribution in [-0.4, -0.2) is 42.0 Å². The van der Waals surface area contributed by atoms with E-state index in [1.54, 1.807) is 6.20 Å². The topological polar surface area (TPSA) is 48.5 Å². The molecule has 1 saturated heterocycles. The normalized spacial score (nSPS) is 14.4. The number of anilines is 2. The molecule has 166 valence electrons. The third kappa shape index (κ3) is 5.04. The first kappa shape index (κ1) is 21.2. The summed E-state index contributed by atoms with van der Waals surface area (Å²) in [5, 5.41) is 4.22. The summed E-state index contributed by atoms with van der Waals surface area (Å²) in [6.07, 6.45) is 2.15. The number of rotatable bonds is 6. The molecule has 1 aliphatic rings. The number of carbonyl (C=O) groups excluding carboxylic acids is 1. The van der Waals surface area contributed by atoms with Gasteiger partial charge in [-0.05, 0) is 17.2 Å². The lowest BCUT2D eigenvalue weighted by Gasteiger charge is -2.37. The van der Waals surface area contributed by atoms with Crippen LogP contribution in [0.3, 0.4) is 0 Å². The molecular formula is C28H28N4O. The Bertz CT molecular complexity index is 1220. The van der Waals surface area contributed by atoms with Crippen LogP contribution < -0.4 is 10.2 Å². The molecule has 1 fully saturated rings. The first-order chi connectivity index (χ1) is 16.3. The minimum atomic E-state index is -0.0257. The number of nitrogens with zero attached hydrogens (tertiary/aromatic N) is 3. The highest BCUT2D eigenvalue weighted by atomic mass is 16.1. The zero-order chi connectivity index (χ0) is 22.5. The number of hydrogen-bond acceptors (Lipinski definition) is 4. The molecule has 0 saturated carbocycles. The maximum atomic E-state index is 12.8. The van der Waals surface area contributed by atoms with Gasteiger partial charge in [0, 0.05) is 38.1 Å². The number of piperazine rings is 1. The monoisotopic (exact) mass is 436 g/mol. The van der Waals surface area contributed by atoms with E-state index in [4.69, 9.17) is 0 Å². The number of amides is 1. The van der Waals surface area contributed by atoms with E-state index in [0.717, 1.165) is 60.6 Å². The van der Waals surface area contributed by atoms with Gasteiger partial charge in [0.2, 0.25) is 5.91 Å². The van der Waals surface area contributed by atoms with Crippen LogP contribution in [0.2, 0.25) is 0 Å². The Kier molecular flexibility index (Phi) is 6.31. The molecule has 0 bridgehead atoms. The predicted molar refractivity (Wildman–Crippen MR) is 134 cm³/mol. The molecule has 0 aliphatic carbocycles. The van der Waals surface area contributed by atoms with Crippen molar-refractivity contribution in [2.45, 2.75) is 13.0 Å². The molecule has 1 N–H and O–H groups in total. The first-order valence-electron chi connectivity index (χ1n) is 11.5. The zero-order valence-electron chi connectivity index (χ0n) is 18.7. The molecule has 0 radical (unpaired) electrons. The third-order valence-electron chi connectivity index (χ3n) is 6.17. The van der Waals surface area contributed by atoms with E-state index in [0.29, 0.717) is 6.42 Å². The van der Waals surface area contributed by atoms with Gasteiger partial charge < -0.3 is 10.2 Å². The molecule has 2 heterocycles. The fourth-order valence-electron chi connectivity index (χ4n) is 4.51. The van der Waals surface area contributed by atoms with Crippen molar-refractivity contribution in [1.82, 2.24) is 9.88 Å². The molecule has 1 aliphatic heterocycles. The fraction of sp³-hybridized carbons (Fsp3) is 0.214. The van der Waals surface area contributed by atoms with Crippen molar-refractivity contribution < 1.29 is 4.79 Å². The van der Waals surface area contributed by atoms with E-state index < -0.39 is 0 Å². The standard InChI is InChI=1S/C28H28N4O/c33-27(19-22-9-3-1-4-10-22)30-26-20-29-25-14-8-7-13-24(25)28(26)32-17-15-31(16-18-32)21-23-11-5-2-6-12-23/h1-14,20H,15-19,21H2,(H,30,33). The molecule has 1 amide bonds. The van der Waals surface area contributed by atoms with Gasteiger partial charge in [-0.25, -0.2) is 0 Å². The van der Waals surface area contributed by atoms with Gasteiger partial charge in [0.1, 0.15) is 0 Å². The van der Waals surface area contributed by atoms with Gasteiger partial charge in [-0.2, -0.15) is 0 Å². The largest absolute Gasteiger partial charge is 0.367 e. The summed E-state index contributed by atoms with van der Waals surface area (Å²) < 4.78 is 0. The molecule has 5 nitrogen and oxygen atoms in total. The summed E-state index contributed by atoms with van der Waals surface area (Å²) in [7, 11) is 0. The Morgan fingerprint density at radius 1 is 0.788 bits per heavy atom. The Morgan fingerprint density at radius 2 is 1.42 bits per heavy atom. The van der Waals surface area contributed by atoms with E-state index in [-0.39, 0.29) is 5.91 Å². The highest BCUT2D eigenvalue weighted by Gasteiger charge is 2.22. The van der Waals surface area contributed by atoms with Gasteiger partial charge in [0.15, 0.2) is 0 Å². The van der Waals surface area contributed by atoms with Gasteiger partial charge in [0.25, 0.3) is 0 Å². The Morgan fingerprint density at radius 3 is 2.15 bits per heavy atom. The number of aromatic nitrogens is 1. The van der Waals surface area contributed by atoms with Crippen molar-refractivity contribution in [3.8, 4) is 0 Å². The van der Waals surface area contributed by atoms with Crippen LogP contribution in [0.4, 0.5) is 11.4 Å². The van der Waals surface area contributed by atoms with Crippen LogP contribution in [0, 0.1) is 0 Å². The number of para-hydroxylation sites is 1. The molecule has 1 aromatic heterocycles. The smallest absolute Gasteiger partial charge is 0.228 e. The van der Waals surface area contributed by atoms with Crippen LogP contribution in [0.25, 0.3) is 10.9 Å². The lowest BCUT2D eigenvalue weighted by atomic mass is 10.1. The van der Waals surface area contributed by atoms with E-state index in [9.17, 15) is 4.79 Å². The lowest BCUT2D eigenvalue weighted by molar-refractivity contribution is -0.115. The number of pyridine rings is 1. The van der Waals surface area contributed by atoms with Gasteiger partial charge in [0.05, 0.1) is 29.5 Å². The van der Waals surface area contributed by atoms with Crippen molar-refractivity contribution in [2.24, 2.45) is 0 Å². The van der Waals surface area contributed by atoms with Crippen LogP contribution in [0.5, 0.6) is 0 Å². The van der Waals surface area contributed by atoms with Crippen molar-refractivity contribution in [3.05, 3.63) is 102 Å². The number of fused-ring (bicyclic) bond motifs is 1. The molecule has 5 heteroatoms. The SMILES string of the molecule is O=C(Cc1ccccc1)Nc1cnc2ccccc2c1N1CCN(Cc2ccccc2)CC1. The van der Waals surface area contributed by atoms with Gasteiger partial charge in [-0.15, -0.1) is 0 Å². The zero-order valence-corrected chi connectivity index (χ0v) is 18.7. The van der Waals surface area contributed by atoms with Gasteiger partial charge >= 0.3 is 0 Å². The molecule has 0 atom stereocenters. The summed E-state index contributed by atoms with van der Waals surface area (Å²) in [6, 6.07) is 28.6. The van der Waals surface area contributed by atoms with Crippen molar-refractivity contribution in [3.63, 3.8) is 0 Å². The second kappa shape index (κ2) is 9.84. The summed E-state index contributed by atoms with van der Waals surface area (Å²) in [5.41, 5.74) is 5.14. The Labute approximate surface area is 194 Å². The summed E-state index contributed by atoms with van der Waals surface area (Å²) >= 11 is 0. The van der Waals surface area contributed by atoms with Crippen LogP contribution in [0.15, 0.2) is 91.1 Å². The minimum Gasteiger partial charge on any atom is -0.367 e. The maximum absolute atomic E-state index is 12.8. The quantitative estimate of drug-likeness (QED) is 0.474. The van der Waals surface area contributed by atoms with Gasteiger partial charge in [-0.1, -0.05) is 78.9 Å².